The van der Waals surface area contributed by atoms with Gasteiger partial charge in [0, 0.05) is 4.90 Å². The Morgan fingerprint density at radius 3 is 2.70 bits per heavy atom. The van der Waals surface area contributed by atoms with Crippen LogP contribution in [0.5, 0.6) is 5.75 Å². The van der Waals surface area contributed by atoms with Crippen molar-refractivity contribution in [2.24, 2.45) is 0 Å². The maximum Gasteiger partial charge on any atom is 0.319 e. The number of hydrogen-bond donors (Lipinski definition) is 0. The minimum atomic E-state index is -0.199. The zero-order valence-electron chi connectivity index (χ0n) is 12.4. The van der Waals surface area contributed by atoms with Crippen molar-refractivity contribution in [1.29, 1.82) is 5.26 Å². The molecule has 0 spiro atoms. The van der Waals surface area contributed by atoms with E-state index < -0.39 is 0 Å². The predicted molar refractivity (Wildman–Crippen MR) is 87.4 cm³/mol. The number of nitriles is 1. The molecule has 0 aliphatic carbocycles. The van der Waals surface area contributed by atoms with Gasteiger partial charge >= 0.3 is 5.97 Å². The molecule has 0 amide bonds. The van der Waals surface area contributed by atoms with Crippen molar-refractivity contribution in [3.63, 3.8) is 0 Å². The Hall–Kier alpha value is -2.45. The molecule has 0 fully saturated rings. The second-order valence-corrected chi connectivity index (χ2v) is 6.32. The normalized spacial score (nSPS) is 15.5. The average molecular weight is 325 g/mol. The minimum absolute atomic E-state index is 0.165. The van der Waals surface area contributed by atoms with E-state index in [2.05, 4.69) is 0 Å². The Morgan fingerprint density at radius 2 is 1.96 bits per heavy atom. The summed E-state index contributed by atoms with van der Waals surface area (Å²) in [4.78, 5) is 13.2. The summed E-state index contributed by atoms with van der Waals surface area (Å²) in [6, 6.07) is 16.9. The van der Waals surface area contributed by atoms with Gasteiger partial charge in [-0.1, -0.05) is 18.2 Å². The molecule has 0 aromatic heterocycles. The van der Waals surface area contributed by atoms with Gasteiger partial charge < -0.3 is 9.47 Å². The lowest BCUT2D eigenvalue weighted by molar-refractivity contribution is -0.143. The summed E-state index contributed by atoms with van der Waals surface area (Å²) in [5, 5.41) is 8.56. The molecule has 0 unspecified atom stereocenters. The van der Waals surface area contributed by atoms with Crippen molar-refractivity contribution in [3.8, 4) is 11.8 Å². The summed E-state index contributed by atoms with van der Waals surface area (Å²) < 4.78 is 10.8. The first kappa shape index (κ1) is 15.4. The summed E-state index contributed by atoms with van der Waals surface area (Å²) >= 11 is 1.56. The third-order valence-electron chi connectivity index (χ3n) is 3.49. The first-order valence-electron chi connectivity index (χ1n) is 7.30. The molecule has 23 heavy (non-hydrogen) atoms. The molecule has 3 rings (SSSR count). The highest BCUT2D eigenvalue weighted by Crippen LogP contribution is 2.37. The Morgan fingerprint density at radius 1 is 1.17 bits per heavy atom. The zero-order chi connectivity index (χ0) is 16.1. The van der Waals surface area contributed by atoms with E-state index in [9.17, 15) is 4.79 Å². The molecule has 1 heterocycles. The fourth-order valence-corrected chi connectivity index (χ4v) is 3.53. The van der Waals surface area contributed by atoms with E-state index >= 15 is 0 Å². The van der Waals surface area contributed by atoms with Crippen molar-refractivity contribution in [3.05, 3.63) is 59.7 Å². The fraction of sp³-hybridized carbons (Fsp3) is 0.222. The number of ether oxygens (including phenoxy) is 2. The van der Waals surface area contributed by atoms with Crippen molar-refractivity contribution < 1.29 is 14.3 Å². The summed E-state index contributed by atoms with van der Waals surface area (Å²) in [5.41, 5.74) is 1.79. The van der Waals surface area contributed by atoms with Gasteiger partial charge in [0.2, 0.25) is 0 Å². The van der Waals surface area contributed by atoms with Crippen LogP contribution in [-0.2, 0) is 16.0 Å². The number of benzene rings is 2. The van der Waals surface area contributed by atoms with Crippen LogP contribution in [0.1, 0.15) is 11.1 Å². The van der Waals surface area contributed by atoms with Gasteiger partial charge in [0.1, 0.15) is 24.2 Å². The second-order valence-electron chi connectivity index (χ2n) is 5.07. The Bertz CT molecular complexity index is 712. The monoisotopic (exact) mass is 325 g/mol. The molecule has 0 radical (unpaired) electrons. The van der Waals surface area contributed by atoms with Crippen LogP contribution in [-0.4, -0.2) is 24.4 Å². The summed E-state index contributed by atoms with van der Waals surface area (Å²) in [5.74, 6) is 0.456. The SMILES string of the molecule is N#Cc1ccc(OCCOC(=O)[C@@H]2Cc3ccccc3S2)cc1. The Kier molecular flexibility index (Phi) is 4.84. The maximum absolute atomic E-state index is 12.1. The molecular formula is C18H15NO3S. The van der Waals surface area contributed by atoms with E-state index in [4.69, 9.17) is 14.7 Å². The number of thioether (sulfide) groups is 1. The fourth-order valence-electron chi connectivity index (χ4n) is 2.33. The second kappa shape index (κ2) is 7.21. The van der Waals surface area contributed by atoms with Crippen LogP contribution in [0.3, 0.4) is 0 Å². The molecule has 0 saturated carbocycles. The van der Waals surface area contributed by atoms with Crippen LogP contribution < -0.4 is 4.74 Å². The number of rotatable bonds is 5. The van der Waals surface area contributed by atoms with Crippen LogP contribution in [0, 0.1) is 11.3 Å². The number of nitrogens with zero attached hydrogens (tertiary/aromatic N) is 1. The molecule has 1 aliphatic rings. The van der Waals surface area contributed by atoms with E-state index in [1.165, 1.54) is 5.56 Å². The quantitative estimate of drug-likeness (QED) is 0.624. The third-order valence-corrected chi connectivity index (χ3v) is 4.79. The molecule has 0 saturated heterocycles. The molecule has 0 bridgehead atoms. The first-order chi connectivity index (χ1) is 11.3. The lowest BCUT2D eigenvalue weighted by Crippen LogP contribution is -2.22. The van der Waals surface area contributed by atoms with Gasteiger partial charge in [-0.25, -0.2) is 0 Å². The number of esters is 1. The molecule has 4 nitrogen and oxygen atoms in total. The van der Waals surface area contributed by atoms with Gasteiger partial charge in [0.15, 0.2) is 0 Å². The largest absolute Gasteiger partial charge is 0.490 e. The molecule has 2 aromatic carbocycles. The van der Waals surface area contributed by atoms with Gasteiger partial charge in [0.05, 0.1) is 11.6 Å². The lowest BCUT2D eigenvalue weighted by atomic mass is 10.1. The van der Waals surface area contributed by atoms with Gasteiger partial charge in [-0.05, 0) is 42.3 Å². The minimum Gasteiger partial charge on any atom is -0.490 e. The molecule has 0 N–H and O–H groups in total. The van der Waals surface area contributed by atoms with Gasteiger partial charge in [-0.2, -0.15) is 5.26 Å². The average Bonchev–Trinajstić information content (AvgIpc) is 3.03. The third kappa shape index (κ3) is 3.85. The summed E-state index contributed by atoms with van der Waals surface area (Å²) in [7, 11) is 0. The zero-order valence-corrected chi connectivity index (χ0v) is 13.2. The Labute approximate surface area is 139 Å². The van der Waals surface area contributed by atoms with Gasteiger partial charge in [-0.15, -0.1) is 11.8 Å². The van der Waals surface area contributed by atoms with Crippen molar-refractivity contribution >= 4 is 17.7 Å². The number of hydrogen-bond acceptors (Lipinski definition) is 5. The number of carbonyl (C=O) groups is 1. The molecule has 1 atom stereocenters. The number of carbonyl (C=O) groups excluding carboxylic acids is 1. The lowest BCUT2D eigenvalue weighted by Gasteiger charge is -2.10. The van der Waals surface area contributed by atoms with E-state index in [1.807, 2.05) is 30.3 Å². The van der Waals surface area contributed by atoms with E-state index in [0.717, 1.165) is 11.3 Å². The van der Waals surface area contributed by atoms with E-state index in [0.29, 0.717) is 17.9 Å². The molecule has 2 aromatic rings. The summed E-state index contributed by atoms with van der Waals surface area (Å²) in [6.07, 6.45) is 0.718. The topological polar surface area (TPSA) is 59.3 Å². The molecule has 5 heteroatoms. The van der Waals surface area contributed by atoms with Crippen LogP contribution in [0.4, 0.5) is 0 Å². The van der Waals surface area contributed by atoms with Crippen LogP contribution >= 0.6 is 11.8 Å². The van der Waals surface area contributed by atoms with Crippen LogP contribution in [0.25, 0.3) is 0 Å². The molecule has 1 aliphatic heterocycles. The molecular weight excluding hydrogens is 310 g/mol. The highest BCUT2D eigenvalue weighted by atomic mass is 32.2. The van der Waals surface area contributed by atoms with E-state index in [-0.39, 0.29) is 17.8 Å². The standard InChI is InChI=1S/C18H15NO3S/c19-12-13-5-7-15(8-6-13)21-9-10-22-18(20)17-11-14-3-1-2-4-16(14)23-17/h1-8,17H,9-11H2/t17-/m0/s1. The van der Waals surface area contributed by atoms with Crippen molar-refractivity contribution in [1.82, 2.24) is 0 Å². The van der Waals surface area contributed by atoms with Crippen molar-refractivity contribution in [2.45, 2.75) is 16.6 Å². The highest BCUT2D eigenvalue weighted by Gasteiger charge is 2.29. The van der Waals surface area contributed by atoms with Gasteiger partial charge in [0.25, 0.3) is 0 Å². The predicted octanol–water partition coefficient (Wildman–Crippen LogP) is 3.20. The van der Waals surface area contributed by atoms with Crippen molar-refractivity contribution in [2.75, 3.05) is 13.2 Å². The first-order valence-corrected chi connectivity index (χ1v) is 8.18. The summed E-state index contributed by atoms with van der Waals surface area (Å²) in [6.45, 7) is 0.508. The highest BCUT2D eigenvalue weighted by molar-refractivity contribution is 8.01. The van der Waals surface area contributed by atoms with Crippen LogP contribution in [0.15, 0.2) is 53.4 Å². The number of fused-ring (bicyclic) bond motifs is 1. The van der Waals surface area contributed by atoms with Gasteiger partial charge in [-0.3, -0.25) is 4.79 Å². The molecule has 116 valence electrons. The maximum atomic E-state index is 12.1. The Balaban J connectivity index is 1.41. The smallest absolute Gasteiger partial charge is 0.319 e. The van der Waals surface area contributed by atoms with E-state index in [1.54, 1.807) is 36.0 Å². The van der Waals surface area contributed by atoms with Crippen LogP contribution in [0.2, 0.25) is 0 Å².